The van der Waals surface area contributed by atoms with Crippen LogP contribution in [-0.2, 0) is 19.1 Å². The van der Waals surface area contributed by atoms with Gasteiger partial charge in [-0.05, 0) is 24.5 Å². The summed E-state index contributed by atoms with van der Waals surface area (Å²) in [6.07, 6.45) is 2.50. The van der Waals surface area contributed by atoms with Gasteiger partial charge in [0.15, 0.2) is 0 Å². The van der Waals surface area contributed by atoms with Crippen molar-refractivity contribution < 1.29 is 19.1 Å². The maximum absolute atomic E-state index is 11.8. The first-order chi connectivity index (χ1) is 9.95. The van der Waals surface area contributed by atoms with Gasteiger partial charge in [-0.3, -0.25) is 4.79 Å². The van der Waals surface area contributed by atoms with Crippen LogP contribution in [0.25, 0.3) is 6.08 Å². The van der Waals surface area contributed by atoms with Crippen LogP contribution in [0.15, 0.2) is 36.4 Å². The van der Waals surface area contributed by atoms with Crippen molar-refractivity contribution in [2.45, 2.75) is 26.9 Å². The minimum atomic E-state index is -0.537. The highest BCUT2D eigenvalue weighted by Crippen LogP contribution is 2.20. The smallest absolute Gasteiger partial charge is 0.331 e. The molecular formula is C17H22O4. The monoisotopic (exact) mass is 290 g/mol. The second kappa shape index (κ2) is 8.25. The highest BCUT2D eigenvalue weighted by Gasteiger charge is 2.31. The molecule has 114 valence electrons. The lowest BCUT2D eigenvalue weighted by Gasteiger charge is -2.24. The van der Waals surface area contributed by atoms with E-state index < -0.39 is 18.0 Å². The first-order valence-electron chi connectivity index (χ1n) is 6.97. The van der Waals surface area contributed by atoms with E-state index in [0.29, 0.717) is 0 Å². The van der Waals surface area contributed by atoms with Crippen LogP contribution in [0.2, 0.25) is 0 Å². The molecule has 1 rings (SSSR count). The first kappa shape index (κ1) is 17.0. The van der Waals surface area contributed by atoms with E-state index >= 15 is 0 Å². The molecule has 0 bridgehead atoms. The van der Waals surface area contributed by atoms with Crippen molar-refractivity contribution in [2.75, 3.05) is 7.11 Å². The van der Waals surface area contributed by atoms with E-state index in [1.165, 1.54) is 13.2 Å². The summed E-state index contributed by atoms with van der Waals surface area (Å²) in [5.41, 5.74) is 0.912. The van der Waals surface area contributed by atoms with E-state index in [4.69, 9.17) is 9.47 Å². The van der Waals surface area contributed by atoms with Crippen molar-refractivity contribution in [2.24, 2.45) is 11.8 Å². The van der Waals surface area contributed by atoms with Gasteiger partial charge in [0, 0.05) is 6.08 Å². The fourth-order valence-corrected chi connectivity index (χ4v) is 2.17. The lowest BCUT2D eigenvalue weighted by Crippen LogP contribution is -2.34. The molecule has 0 heterocycles. The zero-order valence-electron chi connectivity index (χ0n) is 12.9. The Morgan fingerprint density at radius 3 is 2.24 bits per heavy atom. The van der Waals surface area contributed by atoms with Gasteiger partial charge in [0.05, 0.1) is 13.0 Å². The second-order valence-electron chi connectivity index (χ2n) is 5.18. The molecule has 0 amide bonds. The van der Waals surface area contributed by atoms with Gasteiger partial charge in [-0.25, -0.2) is 4.79 Å². The summed E-state index contributed by atoms with van der Waals surface area (Å²) in [5, 5.41) is 0. The molecule has 2 unspecified atom stereocenters. The van der Waals surface area contributed by atoms with Crippen molar-refractivity contribution in [3.05, 3.63) is 42.0 Å². The van der Waals surface area contributed by atoms with Crippen molar-refractivity contribution in [3.8, 4) is 0 Å². The van der Waals surface area contributed by atoms with E-state index in [2.05, 4.69) is 0 Å². The number of hydrogen-bond donors (Lipinski definition) is 0. The van der Waals surface area contributed by atoms with Crippen molar-refractivity contribution >= 4 is 18.0 Å². The summed E-state index contributed by atoms with van der Waals surface area (Å²) in [7, 11) is 1.33. The minimum absolute atomic E-state index is 0.0263. The lowest BCUT2D eigenvalue weighted by atomic mass is 9.91. The molecule has 4 heteroatoms. The number of carbonyl (C=O) groups excluding carboxylic acids is 2. The molecule has 0 aliphatic rings. The van der Waals surface area contributed by atoms with E-state index in [1.54, 1.807) is 13.0 Å². The van der Waals surface area contributed by atoms with Crippen LogP contribution in [0.3, 0.4) is 0 Å². The Morgan fingerprint density at radius 1 is 1.10 bits per heavy atom. The summed E-state index contributed by atoms with van der Waals surface area (Å²) in [5.74, 6) is -1.28. The maximum atomic E-state index is 11.8. The van der Waals surface area contributed by atoms with Gasteiger partial charge in [0.2, 0.25) is 0 Å². The van der Waals surface area contributed by atoms with Gasteiger partial charge in [0.25, 0.3) is 0 Å². The molecular weight excluding hydrogens is 268 g/mol. The van der Waals surface area contributed by atoms with Gasteiger partial charge in [0.1, 0.15) is 6.10 Å². The molecule has 1 aromatic carbocycles. The van der Waals surface area contributed by atoms with Gasteiger partial charge >= 0.3 is 11.9 Å². The molecule has 1 aromatic rings. The summed E-state index contributed by atoms with van der Waals surface area (Å²) in [4.78, 5) is 23.5. The Hall–Kier alpha value is -2.10. The van der Waals surface area contributed by atoms with E-state index in [0.717, 1.165) is 5.56 Å². The molecule has 0 fully saturated rings. The fourth-order valence-electron chi connectivity index (χ4n) is 2.17. The molecule has 0 aliphatic heterocycles. The summed E-state index contributed by atoms with van der Waals surface area (Å²) in [6, 6.07) is 9.46. The van der Waals surface area contributed by atoms with Crippen LogP contribution in [-0.4, -0.2) is 25.2 Å². The summed E-state index contributed by atoms with van der Waals surface area (Å²) < 4.78 is 10.0. The number of rotatable bonds is 6. The molecule has 2 atom stereocenters. The third-order valence-corrected chi connectivity index (χ3v) is 3.21. The van der Waals surface area contributed by atoms with Gasteiger partial charge in [-0.1, -0.05) is 44.2 Å². The Labute approximate surface area is 125 Å². The SMILES string of the molecule is COC(=O)C(C(C)C)C(C)OC(=O)/C=C/c1ccccc1. The molecule has 21 heavy (non-hydrogen) atoms. The third kappa shape index (κ3) is 5.42. The van der Waals surface area contributed by atoms with E-state index in [9.17, 15) is 9.59 Å². The molecule has 0 aliphatic carbocycles. The Bertz CT molecular complexity index is 491. The zero-order chi connectivity index (χ0) is 15.8. The number of methoxy groups -OCH3 is 1. The number of carbonyl (C=O) groups is 2. The average Bonchev–Trinajstić information content (AvgIpc) is 2.45. The number of benzene rings is 1. The second-order valence-corrected chi connectivity index (χ2v) is 5.18. The lowest BCUT2D eigenvalue weighted by molar-refractivity contribution is -0.158. The predicted octanol–water partition coefficient (Wildman–Crippen LogP) is 3.08. The van der Waals surface area contributed by atoms with Crippen molar-refractivity contribution in [3.63, 3.8) is 0 Å². The standard InChI is InChI=1S/C17H22O4/c1-12(2)16(17(19)20-4)13(3)21-15(18)11-10-14-8-6-5-7-9-14/h5-13,16H,1-4H3/b11-10+. The summed E-state index contributed by atoms with van der Waals surface area (Å²) >= 11 is 0. The maximum Gasteiger partial charge on any atom is 0.331 e. The number of hydrogen-bond acceptors (Lipinski definition) is 4. The highest BCUT2D eigenvalue weighted by molar-refractivity contribution is 5.87. The van der Waals surface area contributed by atoms with Crippen molar-refractivity contribution in [1.29, 1.82) is 0 Å². The molecule has 0 saturated carbocycles. The normalized spacial score (nSPS) is 14.0. The van der Waals surface area contributed by atoms with Gasteiger partial charge < -0.3 is 9.47 Å². The Balaban J connectivity index is 2.64. The van der Waals surface area contributed by atoms with Crippen LogP contribution in [0.5, 0.6) is 0 Å². The minimum Gasteiger partial charge on any atom is -0.469 e. The van der Waals surface area contributed by atoms with E-state index in [1.807, 2.05) is 44.2 Å². The zero-order valence-corrected chi connectivity index (χ0v) is 12.9. The first-order valence-corrected chi connectivity index (χ1v) is 6.97. The fraction of sp³-hybridized carbons (Fsp3) is 0.412. The van der Waals surface area contributed by atoms with Gasteiger partial charge in [-0.15, -0.1) is 0 Å². The predicted molar refractivity (Wildman–Crippen MR) is 81.4 cm³/mol. The van der Waals surface area contributed by atoms with Crippen LogP contribution in [0.1, 0.15) is 26.3 Å². The number of esters is 2. The van der Waals surface area contributed by atoms with Crippen molar-refractivity contribution in [1.82, 2.24) is 0 Å². The van der Waals surface area contributed by atoms with Gasteiger partial charge in [-0.2, -0.15) is 0 Å². The summed E-state index contributed by atoms with van der Waals surface area (Å²) in [6.45, 7) is 5.49. The Morgan fingerprint density at radius 2 is 1.71 bits per heavy atom. The molecule has 0 spiro atoms. The van der Waals surface area contributed by atoms with Crippen LogP contribution in [0.4, 0.5) is 0 Å². The third-order valence-electron chi connectivity index (χ3n) is 3.21. The quantitative estimate of drug-likeness (QED) is 0.597. The number of ether oxygens (including phenoxy) is 2. The van der Waals surface area contributed by atoms with Crippen LogP contribution >= 0.6 is 0 Å². The van der Waals surface area contributed by atoms with Crippen LogP contribution in [0, 0.1) is 11.8 Å². The molecule has 0 N–H and O–H groups in total. The Kier molecular flexibility index (Phi) is 6.66. The molecule has 0 aromatic heterocycles. The molecule has 0 radical (unpaired) electrons. The van der Waals surface area contributed by atoms with E-state index in [-0.39, 0.29) is 11.9 Å². The molecule has 0 saturated heterocycles. The topological polar surface area (TPSA) is 52.6 Å². The highest BCUT2D eigenvalue weighted by atomic mass is 16.6. The van der Waals surface area contributed by atoms with Crippen LogP contribution < -0.4 is 0 Å². The largest absolute Gasteiger partial charge is 0.469 e. The molecule has 4 nitrogen and oxygen atoms in total. The average molecular weight is 290 g/mol.